The van der Waals surface area contributed by atoms with Gasteiger partial charge in [-0.05, 0) is 36.5 Å². The molecule has 4 rings (SSSR count). The summed E-state index contributed by atoms with van der Waals surface area (Å²) in [5.74, 6) is 0.608. The molecule has 1 aliphatic carbocycles. The zero-order chi connectivity index (χ0) is 15.1. The van der Waals surface area contributed by atoms with Crippen molar-refractivity contribution in [3.63, 3.8) is 0 Å². The molecule has 2 atom stereocenters. The van der Waals surface area contributed by atoms with Crippen LogP contribution in [-0.4, -0.2) is 10.9 Å². The first kappa shape index (κ1) is 13.5. The van der Waals surface area contributed by atoms with E-state index in [0.717, 1.165) is 21.7 Å². The van der Waals surface area contributed by atoms with Crippen molar-refractivity contribution >= 4 is 32.3 Å². The molecule has 2 unspecified atom stereocenters. The van der Waals surface area contributed by atoms with E-state index >= 15 is 0 Å². The Morgan fingerprint density at radius 1 is 1.27 bits per heavy atom. The minimum Gasteiger partial charge on any atom is -0.317 e. The van der Waals surface area contributed by atoms with Crippen molar-refractivity contribution in [3.05, 3.63) is 59.9 Å². The third-order valence-corrected chi connectivity index (χ3v) is 5.23. The number of carbonyl (C=O) groups excluding carboxylic acids is 1. The molecule has 110 valence electrons. The summed E-state index contributed by atoms with van der Waals surface area (Å²) < 4.78 is 1.12. The molecule has 0 radical (unpaired) electrons. The second-order valence-corrected chi connectivity index (χ2v) is 6.91. The monoisotopic (exact) mass is 308 g/mol. The number of rotatable bonds is 3. The van der Waals surface area contributed by atoms with Gasteiger partial charge in [-0.2, -0.15) is 0 Å². The number of fused-ring (bicyclic) bond motifs is 1. The summed E-state index contributed by atoms with van der Waals surface area (Å²) >= 11 is 1.59. The van der Waals surface area contributed by atoms with Gasteiger partial charge in [0.15, 0.2) is 0 Å². The minimum atomic E-state index is 0.104. The van der Waals surface area contributed by atoms with Crippen LogP contribution in [0.15, 0.2) is 48.8 Å². The molecule has 2 heterocycles. The Bertz CT molecular complexity index is 841. The topological polar surface area (TPSA) is 42.0 Å². The van der Waals surface area contributed by atoms with Gasteiger partial charge in [0.1, 0.15) is 0 Å². The average Bonchev–Trinajstić information content (AvgIpc) is 3.23. The first-order valence-corrected chi connectivity index (χ1v) is 8.24. The number of aromatic nitrogens is 1. The van der Waals surface area contributed by atoms with Gasteiger partial charge < -0.3 is 5.32 Å². The summed E-state index contributed by atoms with van der Waals surface area (Å²) in [7, 11) is 0. The lowest BCUT2D eigenvalue weighted by Gasteiger charge is -2.02. The SMILES string of the molecule is Cc1cncc2sc(NC(=O)C3CC3c3ccccc3)cc12. The quantitative estimate of drug-likeness (QED) is 0.781. The van der Waals surface area contributed by atoms with Gasteiger partial charge in [0.2, 0.25) is 5.91 Å². The van der Waals surface area contributed by atoms with E-state index < -0.39 is 0 Å². The van der Waals surface area contributed by atoms with Crippen LogP contribution in [0.3, 0.4) is 0 Å². The van der Waals surface area contributed by atoms with Crippen molar-refractivity contribution in [3.8, 4) is 0 Å². The largest absolute Gasteiger partial charge is 0.317 e. The number of aryl methyl sites for hydroxylation is 1. The van der Waals surface area contributed by atoms with Gasteiger partial charge in [0.05, 0.1) is 9.70 Å². The second-order valence-electron chi connectivity index (χ2n) is 5.83. The van der Waals surface area contributed by atoms with Gasteiger partial charge in [-0.15, -0.1) is 11.3 Å². The number of pyridine rings is 1. The van der Waals surface area contributed by atoms with Gasteiger partial charge >= 0.3 is 0 Å². The lowest BCUT2D eigenvalue weighted by atomic mass is 10.1. The number of thiophene rings is 1. The fourth-order valence-corrected chi connectivity index (χ4v) is 3.93. The summed E-state index contributed by atoms with van der Waals surface area (Å²) in [5.41, 5.74) is 2.40. The smallest absolute Gasteiger partial charge is 0.228 e. The number of anilines is 1. The molecule has 1 fully saturated rings. The number of nitrogens with one attached hydrogen (secondary N) is 1. The van der Waals surface area contributed by atoms with Crippen molar-refractivity contribution in [2.24, 2.45) is 5.92 Å². The third-order valence-electron chi connectivity index (χ3n) is 4.25. The van der Waals surface area contributed by atoms with Gasteiger partial charge in [-0.1, -0.05) is 30.3 Å². The maximum absolute atomic E-state index is 12.4. The molecule has 1 N–H and O–H groups in total. The lowest BCUT2D eigenvalue weighted by Crippen LogP contribution is -2.13. The summed E-state index contributed by atoms with van der Waals surface area (Å²) in [5, 5.41) is 5.16. The van der Waals surface area contributed by atoms with Crippen LogP contribution in [0.5, 0.6) is 0 Å². The maximum Gasteiger partial charge on any atom is 0.228 e. The molecule has 2 aromatic heterocycles. The van der Waals surface area contributed by atoms with Crippen LogP contribution in [0.4, 0.5) is 5.00 Å². The number of nitrogens with zero attached hydrogens (tertiary/aromatic N) is 1. The third kappa shape index (κ3) is 2.40. The molecule has 1 saturated carbocycles. The van der Waals surface area contributed by atoms with E-state index in [4.69, 9.17) is 0 Å². The number of benzene rings is 1. The molecule has 22 heavy (non-hydrogen) atoms. The highest BCUT2D eigenvalue weighted by Gasteiger charge is 2.43. The van der Waals surface area contributed by atoms with Gasteiger partial charge in [-0.3, -0.25) is 9.78 Å². The highest BCUT2D eigenvalue weighted by atomic mass is 32.1. The van der Waals surface area contributed by atoms with E-state index in [-0.39, 0.29) is 11.8 Å². The number of amides is 1. The average molecular weight is 308 g/mol. The Kier molecular flexibility index (Phi) is 3.19. The molecule has 0 bridgehead atoms. The summed E-state index contributed by atoms with van der Waals surface area (Å²) in [4.78, 5) is 16.6. The fourth-order valence-electron chi connectivity index (χ4n) is 2.92. The maximum atomic E-state index is 12.4. The van der Waals surface area contributed by atoms with Crippen LogP contribution in [0, 0.1) is 12.8 Å². The predicted molar refractivity (Wildman–Crippen MR) is 90.3 cm³/mol. The van der Waals surface area contributed by atoms with E-state index in [9.17, 15) is 4.79 Å². The first-order chi connectivity index (χ1) is 10.7. The van der Waals surface area contributed by atoms with Crippen molar-refractivity contribution in [2.45, 2.75) is 19.3 Å². The molecule has 3 nitrogen and oxygen atoms in total. The second kappa shape index (κ2) is 5.21. The summed E-state index contributed by atoms with van der Waals surface area (Å²) in [6, 6.07) is 12.3. The van der Waals surface area contributed by atoms with Crippen LogP contribution in [0.1, 0.15) is 23.5 Å². The van der Waals surface area contributed by atoms with Gasteiger partial charge in [-0.25, -0.2) is 0 Å². The Morgan fingerprint density at radius 3 is 2.86 bits per heavy atom. The van der Waals surface area contributed by atoms with Crippen molar-refractivity contribution in [1.82, 2.24) is 4.98 Å². The molecule has 1 aliphatic rings. The van der Waals surface area contributed by atoms with Gasteiger partial charge in [0, 0.05) is 23.7 Å². The first-order valence-electron chi connectivity index (χ1n) is 7.42. The van der Waals surface area contributed by atoms with Crippen LogP contribution >= 0.6 is 11.3 Å². The van der Waals surface area contributed by atoms with Crippen LogP contribution in [-0.2, 0) is 4.79 Å². The van der Waals surface area contributed by atoms with Crippen molar-refractivity contribution in [1.29, 1.82) is 0 Å². The number of hydrogen-bond donors (Lipinski definition) is 1. The van der Waals surface area contributed by atoms with E-state index in [2.05, 4.69) is 28.5 Å². The molecular weight excluding hydrogens is 292 g/mol. The highest BCUT2D eigenvalue weighted by Crippen LogP contribution is 2.48. The zero-order valence-corrected chi connectivity index (χ0v) is 13.1. The van der Waals surface area contributed by atoms with Crippen LogP contribution in [0.2, 0.25) is 0 Å². The highest BCUT2D eigenvalue weighted by molar-refractivity contribution is 7.22. The summed E-state index contributed by atoms with van der Waals surface area (Å²) in [6.07, 6.45) is 4.65. The van der Waals surface area contributed by atoms with E-state index in [1.54, 1.807) is 11.3 Å². The molecule has 0 saturated heterocycles. The van der Waals surface area contributed by atoms with Crippen molar-refractivity contribution in [2.75, 3.05) is 5.32 Å². The fraction of sp³-hybridized carbons (Fsp3) is 0.222. The molecular formula is C18H16N2OS. The Balaban J connectivity index is 1.49. The molecule has 0 spiro atoms. The molecule has 4 heteroatoms. The van der Waals surface area contributed by atoms with Crippen molar-refractivity contribution < 1.29 is 4.79 Å². The van der Waals surface area contributed by atoms with E-state index in [1.165, 1.54) is 10.9 Å². The van der Waals surface area contributed by atoms with Crippen LogP contribution < -0.4 is 5.32 Å². The van der Waals surface area contributed by atoms with Gasteiger partial charge in [0.25, 0.3) is 0 Å². The Hall–Kier alpha value is -2.20. The van der Waals surface area contributed by atoms with E-state index in [0.29, 0.717) is 5.92 Å². The number of carbonyl (C=O) groups is 1. The standard InChI is InChI=1S/C18H16N2OS/c1-11-9-19-10-16-13(11)8-17(22-16)20-18(21)15-7-14(15)12-5-3-2-4-6-12/h2-6,8-10,14-15H,7H2,1H3,(H,20,21). The van der Waals surface area contributed by atoms with E-state index in [1.807, 2.05) is 37.5 Å². The zero-order valence-electron chi connectivity index (χ0n) is 12.2. The Morgan fingerprint density at radius 2 is 2.09 bits per heavy atom. The normalized spacial score (nSPS) is 20.0. The van der Waals surface area contributed by atoms with Crippen LogP contribution in [0.25, 0.3) is 10.1 Å². The minimum absolute atomic E-state index is 0.104. The molecule has 0 aliphatic heterocycles. The predicted octanol–water partition coefficient (Wildman–Crippen LogP) is 4.35. The lowest BCUT2D eigenvalue weighted by molar-refractivity contribution is -0.117. The molecule has 1 aromatic carbocycles. The molecule has 1 amide bonds. The molecule has 3 aromatic rings. The Labute approximate surface area is 133 Å². The summed E-state index contributed by atoms with van der Waals surface area (Å²) in [6.45, 7) is 2.04. The number of hydrogen-bond acceptors (Lipinski definition) is 3.